The molecule has 2 aliphatic heterocycles. The molecule has 2 saturated heterocycles. The van der Waals surface area contributed by atoms with Gasteiger partial charge >= 0.3 is 5.97 Å². The first-order valence-electron chi connectivity index (χ1n) is 19.2. The third-order valence-corrected chi connectivity index (χ3v) is 11.6. The maximum Gasteiger partial charge on any atom is 0.326 e. The Hall–Kier alpha value is -5.26. The first-order chi connectivity index (χ1) is 27.3. The standard InChI is InChI=1S/C46H49ClN4O6/c1-29-17-33(21-48-20-29)24-56-41-19-42(40(47)18-36(41)22-49-45(4,28-52)44(54)55)57-25-35-7-5-9-38(30(35)2)39-10-6-8-37(31(39)3)34-13-11-32(12-14-34)23-51-26-46(27-51)16-15-43(53)50-46/h5-14,17-21,49,52H,15-16,22-28H2,1-4H3,(H,50,53)(H,54,55)/t45-/m0/s1. The average molecular weight is 789 g/mol. The van der Waals surface area contributed by atoms with E-state index in [-0.39, 0.29) is 31.2 Å². The van der Waals surface area contributed by atoms with E-state index in [4.69, 9.17) is 21.1 Å². The van der Waals surface area contributed by atoms with E-state index in [0.29, 0.717) is 28.5 Å². The first kappa shape index (κ1) is 40.0. The largest absolute Gasteiger partial charge is 0.488 e. The van der Waals surface area contributed by atoms with Crippen LogP contribution in [-0.4, -0.2) is 62.7 Å². The van der Waals surface area contributed by atoms with Gasteiger partial charge in [0.25, 0.3) is 0 Å². The van der Waals surface area contributed by atoms with Crippen molar-refractivity contribution in [2.75, 3.05) is 19.7 Å². The SMILES string of the molecule is Cc1cncc(COc2cc(OCc3cccc(-c4cccc(-c5ccc(CN6CC7(CCC(=O)N7)C6)cc5)c4C)c3C)c(Cl)cc2CN[C@@](C)(CO)C(=O)O)c1. The highest BCUT2D eigenvalue weighted by atomic mass is 35.5. The summed E-state index contributed by atoms with van der Waals surface area (Å²) in [5, 5.41) is 25.9. The van der Waals surface area contributed by atoms with Crippen LogP contribution >= 0.6 is 11.6 Å². The number of carboxylic acids is 1. The van der Waals surface area contributed by atoms with Gasteiger partial charge in [0.1, 0.15) is 30.3 Å². The molecule has 0 unspecified atom stereocenters. The number of carboxylic acid groups (broad SMARTS) is 1. The maximum atomic E-state index is 11.9. The Balaban J connectivity index is 1.07. The summed E-state index contributed by atoms with van der Waals surface area (Å²) in [7, 11) is 0. The van der Waals surface area contributed by atoms with Crippen LogP contribution in [0.5, 0.6) is 11.5 Å². The van der Waals surface area contributed by atoms with Gasteiger partial charge in [-0.1, -0.05) is 72.3 Å². The summed E-state index contributed by atoms with van der Waals surface area (Å²) in [6, 6.07) is 26.9. The molecule has 0 aliphatic carbocycles. The number of halogens is 1. The fourth-order valence-electron chi connectivity index (χ4n) is 7.81. The van der Waals surface area contributed by atoms with Crippen LogP contribution in [0.25, 0.3) is 22.3 Å². The van der Waals surface area contributed by atoms with Crippen LogP contribution in [-0.2, 0) is 35.9 Å². The minimum atomic E-state index is -1.56. The number of benzene rings is 4. The van der Waals surface area contributed by atoms with E-state index in [0.717, 1.165) is 65.0 Å². The molecule has 4 aromatic carbocycles. The fraction of sp³-hybridized carbons (Fsp3) is 0.326. The van der Waals surface area contributed by atoms with Gasteiger partial charge < -0.3 is 25.0 Å². The zero-order valence-corrected chi connectivity index (χ0v) is 33.6. The Morgan fingerprint density at radius 2 is 1.60 bits per heavy atom. The molecule has 2 aliphatic rings. The number of aliphatic carboxylic acids is 1. The minimum absolute atomic E-state index is 0.0118. The molecule has 57 heavy (non-hydrogen) atoms. The molecule has 1 atom stereocenters. The fourth-order valence-corrected chi connectivity index (χ4v) is 8.05. The number of nitrogens with zero attached hydrogens (tertiary/aromatic N) is 2. The average Bonchev–Trinajstić information content (AvgIpc) is 3.58. The minimum Gasteiger partial charge on any atom is -0.488 e. The predicted octanol–water partition coefficient (Wildman–Crippen LogP) is 7.54. The van der Waals surface area contributed by atoms with E-state index in [1.807, 2.05) is 25.1 Å². The van der Waals surface area contributed by atoms with Crippen molar-refractivity contribution >= 4 is 23.5 Å². The van der Waals surface area contributed by atoms with Crippen LogP contribution in [0.3, 0.4) is 0 Å². The number of nitrogens with one attached hydrogen (secondary N) is 2. The molecule has 0 saturated carbocycles. The van der Waals surface area contributed by atoms with Gasteiger partial charge in [-0.3, -0.25) is 24.8 Å². The maximum absolute atomic E-state index is 11.9. The number of hydrogen-bond donors (Lipinski definition) is 4. The summed E-state index contributed by atoms with van der Waals surface area (Å²) < 4.78 is 12.6. The van der Waals surface area contributed by atoms with Crippen LogP contribution in [0.2, 0.25) is 5.02 Å². The summed E-state index contributed by atoms with van der Waals surface area (Å²) in [5.41, 5.74) is 10.1. The van der Waals surface area contributed by atoms with Crippen LogP contribution < -0.4 is 20.1 Å². The van der Waals surface area contributed by atoms with Gasteiger partial charge in [0.2, 0.25) is 5.91 Å². The molecule has 5 aromatic rings. The molecule has 3 heterocycles. The molecule has 11 heteroatoms. The van der Waals surface area contributed by atoms with Crippen molar-refractivity contribution in [2.45, 2.75) is 77.9 Å². The highest BCUT2D eigenvalue weighted by Crippen LogP contribution is 2.38. The number of amides is 1. The summed E-state index contributed by atoms with van der Waals surface area (Å²) in [6.07, 6.45) is 5.07. The Kier molecular flexibility index (Phi) is 11.7. The molecular weight excluding hydrogens is 740 g/mol. The van der Waals surface area contributed by atoms with Gasteiger partial charge in [-0.2, -0.15) is 0 Å². The summed E-state index contributed by atoms with van der Waals surface area (Å²) in [4.78, 5) is 30.2. The number of aryl methyl sites for hydroxylation is 1. The molecule has 1 aromatic heterocycles. The predicted molar refractivity (Wildman–Crippen MR) is 221 cm³/mol. The lowest BCUT2D eigenvalue weighted by Crippen LogP contribution is -2.66. The smallest absolute Gasteiger partial charge is 0.326 e. The number of likely N-dealkylation sites (tertiary alicyclic amines) is 1. The Morgan fingerprint density at radius 3 is 2.28 bits per heavy atom. The number of aliphatic hydroxyl groups excluding tert-OH is 1. The van der Waals surface area contributed by atoms with Crippen molar-refractivity contribution in [3.63, 3.8) is 0 Å². The van der Waals surface area contributed by atoms with Crippen LogP contribution in [0.15, 0.2) is 91.3 Å². The van der Waals surface area contributed by atoms with E-state index in [2.05, 4.69) is 82.9 Å². The lowest BCUT2D eigenvalue weighted by Gasteiger charge is -2.48. The van der Waals surface area contributed by atoms with Gasteiger partial charge in [-0.05, 0) is 96.3 Å². The number of aliphatic hydroxyl groups is 1. The van der Waals surface area contributed by atoms with Gasteiger partial charge in [-0.25, -0.2) is 0 Å². The summed E-state index contributed by atoms with van der Waals surface area (Å²) in [5.74, 6) is -0.113. The van der Waals surface area contributed by atoms with Crippen molar-refractivity contribution in [3.8, 4) is 33.8 Å². The van der Waals surface area contributed by atoms with Gasteiger partial charge in [0.15, 0.2) is 0 Å². The second-order valence-electron chi connectivity index (χ2n) is 15.7. The van der Waals surface area contributed by atoms with Crippen LogP contribution in [0.1, 0.15) is 58.7 Å². The third-order valence-electron chi connectivity index (χ3n) is 11.3. The second-order valence-corrected chi connectivity index (χ2v) is 16.1. The highest BCUT2D eigenvalue weighted by Gasteiger charge is 2.47. The zero-order valence-electron chi connectivity index (χ0n) is 32.8. The monoisotopic (exact) mass is 788 g/mol. The number of carbonyl (C=O) groups is 2. The van der Waals surface area contributed by atoms with Crippen molar-refractivity contribution in [1.82, 2.24) is 20.5 Å². The van der Waals surface area contributed by atoms with Crippen LogP contribution in [0.4, 0.5) is 0 Å². The molecule has 2 fully saturated rings. The van der Waals surface area contributed by atoms with E-state index in [1.165, 1.54) is 23.6 Å². The Labute approximate surface area is 338 Å². The lowest BCUT2D eigenvalue weighted by atomic mass is 9.87. The molecule has 0 bridgehead atoms. The number of hydrogen-bond acceptors (Lipinski definition) is 8. The van der Waals surface area contributed by atoms with E-state index >= 15 is 0 Å². The van der Waals surface area contributed by atoms with Crippen molar-refractivity contribution in [1.29, 1.82) is 0 Å². The number of rotatable bonds is 15. The van der Waals surface area contributed by atoms with Crippen molar-refractivity contribution < 1.29 is 29.3 Å². The summed E-state index contributed by atoms with van der Waals surface area (Å²) in [6.45, 7) is 10.3. The van der Waals surface area contributed by atoms with E-state index < -0.39 is 18.1 Å². The summed E-state index contributed by atoms with van der Waals surface area (Å²) >= 11 is 6.79. The molecule has 296 valence electrons. The van der Waals surface area contributed by atoms with Crippen molar-refractivity contribution in [2.24, 2.45) is 0 Å². The number of ether oxygens (including phenoxy) is 2. The lowest BCUT2D eigenvalue weighted by molar-refractivity contribution is -0.146. The molecular formula is C46H49ClN4O6. The molecule has 1 spiro atoms. The Morgan fingerprint density at radius 1 is 0.895 bits per heavy atom. The van der Waals surface area contributed by atoms with Gasteiger partial charge in [-0.15, -0.1) is 0 Å². The first-order valence-corrected chi connectivity index (χ1v) is 19.6. The Bertz CT molecular complexity index is 2290. The number of pyridine rings is 1. The molecule has 1 amide bonds. The highest BCUT2D eigenvalue weighted by molar-refractivity contribution is 6.32. The normalized spacial score (nSPS) is 15.9. The topological polar surface area (TPSA) is 133 Å². The molecule has 4 N–H and O–H groups in total. The third kappa shape index (κ3) is 8.84. The van der Waals surface area contributed by atoms with Gasteiger partial charge in [0.05, 0.1) is 17.2 Å². The number of carbonyl (C=O) groups excluding carboxylic acids is 1. The quantitative estimate of drug-likeness (QED) is 0.0850. The van der Waals surface area contributed by atoms with Crippen LogP contribution in [0, 0.1) is 20.8 Å². The van der Waals surface area contributed by atoms with E-state index in [9.17, 15) is 19.8 Å². The number of aromatic nitrogens is 1. The molecule has 7 rings (SSSR count). The zero-order chi connectivity index (χ0) is 40.3. The van der Waals surface area contributed by atoms with Gasteiger partial charge in [0, 0.05) is 62.2 Å². The van der Waals surface area contributed by atoms with E-state index in [1.54, 1.807) is 24.5 Å². The second kappa shape index (κ2) is 16.7. The molecule has 0 radical (unpaired) electrons. The van der Waals surface area contributed by atoms with Crippen molar-refractivity contribution in [3.05, 3.63) is 135 Å². The molecule has 10 nitrogen and oxygen atoms in total.